The van der Waals surface area contributed by atoms with Crippen molar-refractivity contribution in [1.29, 1.82) is 0 Å². The minimum atomic E-state index is -0.481. The topological polar surface area (TPSA) is 91.7 Å². The van der Waals surface area contributed by atoms with Gasteiger partial charge in [-0.25, -0.2) is 4.79 Å². The van der Waals surface area contributed by atoms with Crippen LogP contribution in [0.2, 0.25) is 0 Å². The number of nitrogens with zero attached hydrogens (tertiary/aromatic N) is 1. The average Bonchev–Trinajstić information content (AvgIpc) is 2.62. The molecule has 3 aromatic rings. The number of carbonyl (C=O) groups excluding carboxylic acids is 2. The van der Waals surface area contributed by atoms with Crippen molar-refractivity contribution in [3.63, 3.8) is 0 Å². The lowest BCUT2D eigenvalue weighted by Gasteiger charge is -2.17. The van der Waals surface area contributed by atoms with Gasteiger partial charge < -0.3 is 15.1 Å². The van der Waals surface area contributed by atoms with Crippen LogP contribution in [0.15, 0.2) is 57.7 Å². The van der Waals surface area contributed by atoms with Crippen LogP contribution in [0.4, 0.5) is 11.4 Å². The van der Waals surface area contributed by atoms with E-state index in [9.17, 15) is 14.4 Å². The van der Waals surface area contributed by atoms with Crippen molar-refractivity contribution in [2.45, 2.75) is 20.4 Å². The van der Waals surface area contributed by atoms with Gasteiger partial charge in [0.05, 0.1) is 6.54 Å². The highest BCUT2D eigenvalue weighted by Gasteiger charge is 2.12. The van der Waals surface area contributed by atoms with E-state index < -0.39 is 5.63 Å². The predicted molar refractivity (Wildman–Crippen MR) is 113 cm³/mol. The highest BCUT2D eigenvalue weighted by Crippen LogP contribution is 2.22. The fourth-order valence-corrected chi connectivity index (χ4v) is 3.07. The number of rotatable bonds is 6. The molecule has 1 heterocycles. The van der Waals surface area contributed by atoms with E-state index in [1.807, 2.05) is 36.1 Å². The normalized spacial score (nSPS) is 10.9. The summed E-state index contributed by atoms with van der Waals surface area (Å²) in [6.07, 6.45) is 0. The van der Waals surface area contributed by atoms with E-state index in [1.165, 1.54) is 13.0 Å². The van der Waals surface area contributed by atoms with Gasteiger partial charge in [-0.2, -0.15) is 0 Å². The standard InChI is InChI=1S/C22H23N3O4/c1-14-4-6-17(7-5-14)24-21(27)13-25(3)12-16-10-22(28)29-20-11-18(23-15(2)26)8-9-19(16)20/h4-11H,12-13H2,1-3H3,(H,23,26)(H,24,27). The molecule has 0 saturated heterocycles. The van der Waals surface area contributed by atoms with E-state index in [2.05, 4.69) is 10.6 Å². The third-order valence-electron chi connectivity index (χ3n) is 4.34. The average molecular weight is 393 g/mol. The zero-order valence-corrected chi connectivity index (χ0v) is 16.6. The summed E-state index contributed by atoms with van der Waals surface area (Å²) in [4.78, 5) is 37.3. The van der Waals surface area contributed by atoms with Gasteiger partial charge in [-0.05, 0) is 43.8 Å². The monoisotopic (exact) mass is 393 g/mol. The lowest BCUT2D eigenvalue weighted by molar-refractivity contribution is -0.117. The first-order valence-corrected chi connectivity index (χ1v) is 9.19. The molecule has 150 valence electrons. The second-order valence-corrected chi connectivity index (χ2v) is 7.07. The van der Waals surface area contributed by atoms with Crippen LogP contribution >= 0.6 is 0 Å². The Balaban J connectivity index is 1.72. The number of carbonyl (C=O) groups is 2. The molecule has 3 rings (SSSR count). The maximum atomic E-state index is 12.3. The molecule has 0 unspecified atom stereocenters. The molecule has 0 radical (unpaired) electrons. The maximum Gasteiger partial charge on any atom is 0.336 e. The van der Waals surface area contributed by atoms with Crippen LogP contribution in [0.1, 0.15) is 18.1 Å². The highest BCUT2D eigenvalue weighted by atomic mass is 16.4. The lowest BCUT2D eigenvalue weighted by Crippen LogP contribution is -2.30. The van der Waals surface area contributed by atoms with E-state index in [4.69, 9.17) is 4.42 Å². The molecule has 0 bridgehead atoms. The van der Waals surface area contributed by atoms with Gasteiger partial charge >= 0.3 is 5.63 Å². The second kappa shape index (κ2) is 8.70. The van der Waals surface area contributed by atoms with Gasteiger partial charge in [0, 0.05) is 42.4 Å². The number of nitrogens with one attached hydrogen (secondary N) is 2. The molecule has 7 nitrogen and oxygen atoms in total. The van der Waals surface area contributed by atoms with Gasteiger partial charge in [0.25, 0.3) is 0 Å². The van der Waals surface area contributed by atoms with Crippen LogP contribution in [-0.2, 0) is 16.1 Å². The molecule has 0 aliphatic carbocycles. The van der Waals surface area contributed by atoms with E-state index in [0.29, 0.717) is 17.8 Å². The summed E-state index contributed by atoms with van der Waals surface area (Å²) >= 11 is 0. The van der Waals surface area contributed by atoms with Crippen molar-refractivity contribution in [3.8, 4) is 0 Å². The van der Waals surface area contributed by atoms with Gasteiger partial charge in [0.2, 0.25) is 11.8 Å². The van der Waals surface area contributed by atoms with E-state index in [0.717, 1.165) is 22.2 Å². The number of likely N-dealkylation sites (N-methyl/N-ethyl adjacent to an activating group) is 1. The van der Waals surface area contributed by atoms with E-state index in [-0.39, 0.29) is 18.4 Å². The van der Waals surface area contributed by atoms with Crippen molar-refractivity contribution in [1.82, 2.24) is 4.90 Å². The molecule has 0 aliphatic rings. The number of anilines is 2. The first-order valence-electron chi connectivity index (χ1n) is 9.19. The highest BCUT2D eigenvalue weighted by molar-refractivity contribution is 5.93. The van der Waals surface area contributed by atoms with E-state index in [1.54, 1.807) is 25.2 Å². The first kappa shape index (κ1) is 20.3. The minimum absolute atomic E-state index is 0.142. The number of aryl methyl sites for hydroxylation is 1. The number of benzene rings is 2. The summed E-state index contributed by atoms with van der Waals surface area (Å²) in [5, 5.41) is 6.28. The Morgan fingerprint density at radius 1 is 1.00 bits per heavy atom. The van der Waals surface area contributed by atoms with Crippen molar-refractivity contribution < 1.29 is 14.0 Å². The zero-order valence-electron chi connectivity index (χ0n) is 16.6. The molecule has 2 amide bonds. The number of hydrogen-bond donors (Lipinski definition) is 2. The van der Waals surface area contributed by atoms with Gasteiger partial charge in [0.15, 0.2) is 0 Å². The maximum absolute atomic E-state index is 12.3. The fourth-order valence-electron chi connectivity index (χ4n) is 3.07. The summed E-state index contributed by atoms with van der Waals surface area (Å²) in [6, 6.07) is 14.2. The van der Waals surface area contributed by atoms with Crippen LogP contribution in [0.3, 0.4) is 0 Å². The Bertz CT molecular complexity index is 1100. The second-order valence-electron chi connectivity index (χ2n) is 7.07. The molecule has 0 spiro atoms. The summed E-state index contributed by atoms with van der Waals surface area (Å²) in [6.45, 7) is 3.95. The molecule has 0 atom stereocenters. The van der Waals surface area contributed by atoms with E-state index >= 15 is 0 Å². The lowest BCUT2D eigenvalue weighted by atomic mass is 10.1. The third-order valence-corrected chi connectivity index (χ3v) is 4.34. The third kappa shape index (κ3) is 5.52. The summed E-state index contributed by atoms with van der Waals surface area (Å²) in [5.74, 6) is -0.348. The SMILES string of the molecule is CC(=O)Nc1ccc2c(CN(C)CC(=O)Nc3ccc(C)cc3)cc(=O)oc2c1. The Morgan fingerprint density at radius 3 is 2.38 bits per heavy atom. The number of hydrogen-bond acceptors (Lipinski definition) is 5. The molecule has 29 heavy (non-hydrogen) atoms. The minimum Gasteiger partial charge on any atom is -0.423 e. The summed E-state index contributed by atoms with van der Waals surface area (Å²) < 4.78 is 5.27. The first-order chi connectivity index (χ1) is 13.8. The molecular formula is C22H23N3O4. The quantitative estimate of drug-likeness (QED) is 0.628. The van der Waals surface area contributed by atoms with Crippen LogP contribution in [0.25, 0.3) is 11.0 Å². The van der Waals surface area contributed by atoms with Crippen LogP contribution in [0, 0.1) is 6.92 Å². The van der Waals surface area contributed by atoms with Gasteiger partial charge in [-0.3, -0.25) is 14.5 Å². The molecular weight excluding hydrogens is 370 g/mol. The van der Waals surface area contributed by atoms with Crippen LogP contribution < -0.4 is 16.3 Å². The molecule has 0 fully saturated rings. The zero-order chi connectivity index (χ0) is 21.0. The van der Waals surface area contributed by atoms with Crippen molar-refractivity contribution in [2.75, 3.05) is 24.2 Å². The molecule has 0 saturated carbocycles. The summed E-state index contributed by atoms with van der Waals surface area (Å²) in [5.41, 5.74) is 3.07. The fraction of sp³-hybridized carbons (Fsp3) is 0.227. The van der Waals surface area contributed by atoms with Gasteiger partial charge in [-0.1, -0.05) is 17.7 Å². The van der Waals surface area contributed by atoms with Gasteiger partial charge in [0.1, 0.15) is 5.58 Å². The smallest absolute Gasteiger partial charge is 0.336 e. The number of amides is 2. The van der Waals surface area contributed by atoms with Crippen molar-refractivity contribution in [3.05, 3.63) is 70.1 Å². The Labute approximate surface area is 168 Å². The molecule has 1 aromatic heterocycles. The Hall–Kier alpha value is -3.45. The Morgan fingerprint density at radius 2 is 1.69 bits per heavy atom. The number of fused-ring (bicyclic) bond motifs is 1. The largest absolute Gasteiger partial charge is 0.423 e. The molecule has 2 N–H and O–H groups in total. The summed E-state index contributed by atoms with van der Waals surface area (Å²) in [7, 11) is 1.81. The molecule has 0 aliphatic heterocycles. The van der Waals surface area contributed by atoms with Crippen LogP contribution in [-0.4, -0.2) is 30.3 Å². The van der Waals surface area contributed by atoms with Gasteiger partial charge in [-0.15, -0.1) is 0 Å². The molecule has 7 heteroatoms. The van der Waals surface area contributed by atoms with Crippen LogP contribution in [0.5, 0.6) is 0 Å². The van der Waals surface area contributed by atoms with Crippen molar-refractivity contribution in [2.24, 2.45) is 0 Å². The predicted octanol–water partition coefficient (Wildman–Crippen LogP) is 3.13. The molecule has 2 aromatic carbocycles. The Kier molecular flexibility index (Phi) is 6.09. The van der Waals surface area contributed by atoms with Crippen molar-refractivity contribution >= 4 is 34.2 Å².